The van der Waals surface area contributed by atoms with Gasteiger partial charge in [-0.2, -0.15) is 0 Å². The Balaban J connectivity index is 1.62. The van der Waals surface area contributed by atoms with E-state index in [0.717, 1.165) is 16.7 Å². The fourth-order valence-corrected chi connectivity index (χ4v) is 4.56. The fraction of sp³-hybridized carbons (Fsp3) is 0.160. The number of aromatic amines is 1. The lowest BCUT2D eigenvalue weighted by Gasteiger charge is -2.18. The first-order valence-corrected chi connectivity index (χ1v) is 10.0. The van der Waals surface area contributed by atoms with E-state index in [2.05, 4.69) is 82.7 Å². The smallest absolute Gasteiger partial charge is 0.0809 e. The molecule has 6 rings (SSSR count). The zero-order valence-electron chi connectivity index (χ0n) is 15.7. The SMILES string of the molecule is c1ccc2c(c1)nc(-c1ccc(N3CCCC3)cc1)c1c3ccccc3[nH]c21. The molecule has 0 amide bonds. The summed E-state index contributed by atoms with van der Waals surface area (Å²) in [4.78, 5) is 11.2. The highest BCUT2D eigenvalue weighted by molar-refractivity contribution is 6.20. The van der Waals surface area contributed by atoms with Crippen molar-refractivity contribution >= 4 is 38.4 Å². The molecule has 3 nitrogen and oxygen atoms in total. The minimum Gasteiger partial charge on any atom is -0.372 e. The lowest BCUT2D eigenvalue weighted by Crippen LogP contribution is -2.17. The van der Waals surface area contributed by atoms with Gasteiger partial charge in [0.05, 0.1) is 16.7 Å². The maximum atomic E-state index is 5.09. The van der Waals surface area contributed by atoms with Gasteiger partial charge in [0.2, 0.25) is 0 Å². The standard InChI is InChI=1S/C25H21N3/c1-3-9-21-19(7-1)23-24(26-22-10-4-2-8-20(22)25(23)27-21)17-11-13-18(14-12-17)28-15-5-6-16-28/h1-4,7-14,27H,5-6,15-16H2. The molecule has 3 heterocycles. The second kappa shape index (κ2) is 6.10. The van der Waals surface area contributed by atoms with Crippen LogP contribution in [-0.4, -0.2) is 23.1 Å². The van der Waals surface area contributed by atoms with Gasteiger partial charge in [0.25, 0.3) is 0 Å². The van der Waals surface area contributed by atoms with Gasteiger partial charge in [-0.25, -0.2) is 4.98 Å². The topological polar surface area (TPSA) is 31.9 Å². The summed E-state index contributed by atoms with van der Waals surface area (Å²) in [5.41, 5.74) is 6.90. The summed E-state index contributed by atoms with van der Waals surface area (Å²) in [6.07, 6.45) is 2.59. The Hall–Kier alpha value is -3.33. The summed E-state index contributed by atoms with van der Waals surface area (Å²) in [6, 6.07) is 25.9. The molecule has 1 fully saturated rings. The molecule has 136 valence electrons. The van der Waals surface area contributed by atoms with Gasteiger partial charge in [0.15, 0.2) is 0 Å². The van der Waals surface area contributed by atoms with E-state index in [4.69, 9.17) is 4.98 Å². The Morgan fingerprint density at radius 2 is 1.46 bits per heavy atom. The molecule has 1 N–H and O–H groups in total. The normalized spacial score (nSPS) is 14.5. The highest BCUT2D eigenvalue weighted by atomic mass is 15.1. The molecule has 1 aliphatic rings. The molecule has 2 aromatic heterocycles. The van der Waals surface area contributed by atoms with Gasteiger partial charge in [-0.3, -0.25) is 0 Å². The van der Waals surface area contributed by atoms with Gasteiger partial charge < -0.3 is 9.88 Å². The highest BCUT2D eigenvalue weighted by Crippen LogP contribution is 2.37. The first-order chi connectivity index (χ1) is 13.9. The van der Waals surface area contributed by atoms with E-state index in [0.29, 0.717) is 0 Å². The van der Waals surface area contributed by atoms with Gasteiger partial charge >= 0.3 is 0 Å². The minimum absolute atomic E-state index is 1.03. The predicted molar refractivity (Wildman–Crippen MR) is 118 cm³/mol. The number of hydrogen-bond donors (Lipinski definition) is 1. The quantitative estimate of drug-likeness (QED) is 0.409. The van der Waals surface area contributed by atoms with Crippen LogP contribution in [0, 0.1) is 0 Å². The number of fused-ring (bicyclic) bond motifs is 5. The molecular weight excluding hydrogens is 342 g/mol. The Morgan fingerprint density at radius 1 is 0.750 bits per heavy atom. The van der Waals surface area contributed by atoms with Crippen molar-refractivity contribution in [1.82, 2.24) is 9.97 Å². The number of anilines is 1. The number of benzene rings is 3. The van der Waals surface area contributed by atoms with E-state index in [1.165, 1.54) is 58.9 Å². The van der Waals surface area contributed by atoms with Gasteiger partial charge in [-0.05, 0) is 37.1 Å². The van der Waals surface area contributed by atoms with Crippen molar-refractivity contribution in [2.24, 2.45) is 0 Å². The zero-order valence-corrected chi connectivity index (χ0v) is 15.7. The van der Waals surface area contributed by atoms with Crippen LogP contribution in [0.3, 0.4) is 0 Å². The molecule has 0 aliphatic carbocycles. The summed E-state index contributed by atoms with van der Waals surface area (Å²) in [6.45, 7) is 2.33. The summed E-state index contributed by atoms with van der Waals surface area (Å²) < 4.78 is 0. The van der Waals surface area contributed by atoms with E-state index >= 15 is 0 Å². The summed E-state index contributed by atoms with van der Waals surface area (Å²) >= 11 is 0. The van der Waals surface area contributed by atoms with E-state index in [-0.39, 0.29) is 0 Å². The van der Waals surface area contributed by atoms with Gasteiger partial charge in [0, 0.05) is 46.0 Å². The van der Waals surface area contributed by atoms with Crippen LogP contribution in [0.15, 0.2) is 72.8 Å². The molecule has 0 atom stereocenters. The highest BCUT2D eigenvalue weighted by Gasteiger charge is 2.16. The zero-order chi connectivity index (χ0) is 18.5. The lowest BCUT2D eigenvalue weighted by molar-refractivity contribution is 0.949. The number of pyridine rings is 1. The Morgan fingerprint density at radius 3 is 2.29 bits per heavy atom. The van der Waals surface area contributed by atoms with Crippen molar-refractivity contribution in [3.63, 3.8) is 0 Å². The molecule has 3 heteroatoms. The van der Waals surface area contributed by atoms with Crippen LogP contribution in [0.2, 0.25) is 0 Å². The second-order valence-electron chi connectivity index (χ2n) is 7.64. The van der Waals surface area contributed by atoms with Crippen molar-refractivity contribution in [3.05, 3.63) is 72.8 Å². The largest absolute Gasteiger partial charge is 0.372 e. The predicted octanol–water partition coefficient (Wildman–Crippen LogP) is 6.14. The molecule has 0 spiro atoms. The molecular formula is C25H21N3. The summed E-state index contributed by atoms with van der Waals surface area (Å²) in [5, 5.41) is 3.61. The molecule has 0 unspecified atom stereocenters. The molecule has 0 bridgehead atoms. The number of nitrogens with one attached hydrogen (secondary N) is 1. The van der Waals surface area contributed by atoms with Crippen LogP contribution in [0.5, 0.6) is 0 Å². The average Bonchev–Trinajstić information content (AvgIpc) is 3.42. The molecule has 28 heavy (non-hydrogen) atoms. The number of aromatic nitrogens is 2. The van der Waals surface area contributed by atoms with Gasteiger partial charge in [0.1, 0.15) is 0 Å². The van der Waals surface area contributed by atoms with E-state index in [9.17, 15) is 0 Å². The van der Waals surface area contributed by atoms with E-state index in [1.54, 1.807) is 0 Å². The number of H-pyrrole nitrogens is 1. The van der Waals surface area contributed by atoms with Crippen LogP contribution in [0.1, 0.15) is 12.8 Å². The molecule has 1 saturated heterocycles. The molecule has 3 aromatic carbocycles. The van der Waals surface area contributed by atoms with Crippen molar-refractivity contribution < 1.29 is 0 Å². The van der Waals surface area contributed by atoms with Crippen LogP contribution in [-0.2, 0) is 0 Å². The van der Waals surface area contributed by atoms with Crippen molar-refractivity contribution in [3.8, 4) is 11.3 Å². The number of rotatable bonds is 2. The van der Waals surface area contributed by atoms with E-state index in [1.807, 2.05) is 0 Å². The third-order valence-electron chi connectivity index (χ3n) is 5.96. The third kappa shape index (κ3) is 2.32. The molecule has 5 aromatic rings. The summed E-state index contributed by atoms with van der Waals surface area (Å²) in [5.74, 6) is 0. The number of para-hydroxylation sites is 2. The Kier molecular flexibility index (Phi) is 3.42. The second-order valence-corrected chi connectivity index (χ2v) is 7.64. The first kappa shape index (κ1) is 15.7. The maximum absolute atomic E-state index is 5.09. The average molecular weight is 363 g/mol. The van der Waals surface area contributed by atoms with E-state index < -0.39 is 0 Å². The van der Waals surface area contributed by atoms with Crippen LogP contribution < -0.4 is 4.90 Å². The fourth-order valence-electron chi connectivity index (χ4n) is 4.56. The lowest BCUT2D eigenvalue weighted by atomic mass is 10.0. The Labute approximate surface area is 163 Å². The summed E-state index contributed by atoms with van der Waals surface area (Å²) in [7, 11) is 0. The first-order valence-electron chi connectivity index (χ1n) is 10.0. The van der Waals surface area contributed by atoms with Crippen molar-refractivity contribution in [1.29, 1.82) is 0 Å². The molecule has 0 radical (unpaired) electrons. The van der Waals surface area contributed by atoms with Crippen molar-refractivity contribution in [2.75, 3.05) is 18.0 Å². The molecule has 1 aliphatic heterocycles. The van der Waals surface area contributed by atoms with Gasteiger partial charge in [-0.1, -0.05) is 48.5 Å². The Bertz CT molecular complexity index is 1310. The number of nitrogens with zero attached hydrogens (tertiary/aromatic N) is 2. The molecule has 0 saturated carbocycles. The van der Waals surface area contributed by atoms with Crippen molar-refractivity contribution in [2.45, 2.75) is 12.8 Å². The third-order valence-corrected chi connectivity index (χ3v) is 5.96. The number of hydrogen-bond acceptors (Lipinski definition) is 2. The van der Waals surface area contributed by atoms with Crippen LogP contribution in [0.4, 0.5) is 5.69 Å². The van der Waals surface area contributed by atoms with Crippen LogP contribution >= 0.6 is 0 Å². The van der Waals surface area contributed by atoms with Gasteiger partial charge in [-0.15, -0.1) is 0 Å². The minimum atomic E-state index is 1.03. The maximum Gasteiger partial charge on any atom is 0.0809 e. The van der Waals surface area contributed by atoms with Crippen LogP contribution in [0.25, 0.3) is 44.0 Å². The monoisotopic (exact) mass is 363 g/mol.